The van der Waals surface area contributed by atoms with Gasteiger partial charge in [-0.2, -0.15) is 0 Å². The van der Waals surface area contributed by atoms with E-state index in [2.05, 4.69) is 17.9 Å². The summed E-state index contributed by atoms with van der Waals surface area (Å²) < 4.78 is 19.5. The summed E-state index contributed by atoms with van der Waals surface area (Å²) >= 11 is 0. The highest BCUT2D eigenvalue weighted by molar-refractivity contribution is 6.04. The normalized spacial score (nSPS) is 17.6. The lowest BCUT2D eigenvalue weighted by Gasteiger charge is -2.41. The fourth-order valence-electron chi connectivity index (χ4n) is 4.29. The molecule has 1 amide bonds. The van der Waals surface area contributed by atoms with Crippen molar-refractivity contribution in [2.75, 3.05) is 19.6 Å². The predicted octanol–water partition coefficient (Wildman–Crippen LogP) is 5.16. The van der Waals surface area contributed by atoms with E-state index in [9.17, 15) is 9.18 Å². The van der Waals surface area contributed by atoms with Crippen LogP contribution in [0.15, 0.2) is 71.7 Å². The lowest BCUT2D eigenvalue weighted by atomic mass is 10.1. The maximum atomic E-state index is 13.3. The van der Waals surface area contributed by atoms with Crippen molar-refractivity contribution >= 4 is 17.4 Å². The van der Waals surface area contributed by atoms with Gasteiger partial charge in [0.2, 0.25) is 0 Å². The number of ether oxygens (including phenoxy) is 1. The number of hydrogen-bond acceptors (Lipinski definition) is 4. The zero-order valence-corrected chi connectivity index (χ0v) is 18.1. The minimum atomic E-state index is -0.345. The maximum Gasteiger partial charge on any atom is 0.254 e. The van der Waals surface area contributed by atoms with Gasteiger partial charge in [-0.05, 0) is 62.4 Å². The molecule has 2 heterocycles. The Bertz CT molecular complexity index is 1210. The van der Waals surface area contributed by atoms with Crippen molar-refractivity contribution in [2.45, 2.75) is 19.9 Å². The number of amides is 1. The number of benzene rings is 3. The molecule has 3 aromatic carbocycles. The molecule has 0 aliphatic carbocycles. The predicted molar refractivity (Wildman–Crippen MR) is 122 cm³/mol. The molecule has 162 valence electrons. The number of amidine groups is 1. The zero-order valence-electron chi connectivity index (χ0n) is 18.1. The number of para-hydroxylation sites is 2. The first-order valence-corrected chi connectivity index (χ1v) is 10.8. The number of rotatable bonds is 1. The van der Waals surface area contributed by atoms with Crippen LogP contribution in [0, 0.1) is 12.7 Å². The number of fused-ring (bicyclic) bond motifs is 2. The van der Waals surface area contributed by atoms with Gasteiger partial charge in [-0.3, -0.25) is 4.79 Å². The smallest absolute Gasteiger partial charge is 0.254 e. The largest absolute Gasteiger partial charge is 0.454 e. The Hall–Kier alpha value is -3.67. The molecule has 2 aliphatic rings. The van der Waals surface area contributed by atoms with Gasteiger partial charge in [0.05, 0.1) is 5.56 Å². The first-order chi connectivity index (χ1) is 15.5. The van der Waals surface area contributed by atoms with Gasteiger partial charge in [-0.1, -0.05) is 23.8 Å². The van der Waals surface area contributed by atoms with Gasteiger partial charge < -0.3 is 14.5 Å². The van der Waals surface area contributed by atoms with Crippen LogP contribution in [-0.4, -0.2) is 47.2 Å². The molecule has 0 spiro atoms. The molecule has 0 N–H and O–H groups in total. The van der Waals surface area contributed by atoms with Crippen molar-refractivity contribution in [1.29, 1.82) is 0 Å². The average molecular weight is 429 g/mol. The van der Waals surface area contributed by atoms with E-state index < -0.39 is 0 Å². The van der Waals surface area contributed by atoms with Gasteiger partial charge in [0.15, 0.2) is 5.75 Å². The molecular weight excluding hydrogens is 405 g/mol. The molecule has 0 saturated carbocycles. The van der Waals surface area contributed by atoms with Gasteiger partial charge in [-0.15, -0.1) is 0 Å². The van der Waals surface area contributed by atoms with Gasteiger partial charge in [0, 0.05) is 31.2 Å². The summed E-state index contributed by atoms with van der Waals surface area (Å²) in [7, 11) is 0. The van der Waals surface area contributed by atoms with Crippen molar-refractivity contribution < 1.29 is 13.9 Å². The highest BCUT2D eigenvalue weighted by atomic mass is 19.1. The first-order valence-electron chi connectivity index (χ1n) is 10.8. The van der Waals surface area contributed by atoms with Crippen LogP contribution in [0.4, 0.5) is 10.1 Å². The van der Waals surface area contributed by atoms with Crippen molar-refractivity contribution in [2.24, 2.45) is 4.99 Å². The molecule has 0 bridgehead atoms. The molecule has 6 heteroatoms. The number of aliphatic imine (C=N–C) groups is 1. The van der Waals surface area contributed by atoms with Gasteiger partial charge in [0.25, 0.3) is 5.91 Å². The van der Waals surface area contributed by atoms with E-state index in [0.29, 0.717) is 25.2 Å². The number of carbonyl (C=O) groups excluding carboxylic acids is 1. The third kappa shape index (κ3) is 3.73. The second kappa shape index (κ2) is 8.11. The number of nitrogens with zero attached hydrogens (tertiary/aromatic N) is 3. The fourth-order valence-corrected chi connectivity index (χ4v) is 4.29. The Balaban J connectivity index is 1.45. The quantitative estimate of drug-likeness (QED) is 0.536. The zero-order chi connectivity index (χ0) is 22.2. The van der Waals surface area contributed by atoms with Crippen molar-refractivity contribution in [3.05, 3.63) is 89.2 Å². The minimum absolute atomic E-state index is 0.0309. The highest BCUT2D eigenvalue weighted by Crippen LogP contribution is 2.38. The molecule has 1 unspecified atom stereocenters. The Morgan fingerprint density at radius 2 is 1.81 bits per heavy atom. The standard InChI is InChI=1S/C26H24FN3O2/c1-17-7-12-23-21(15-17)25(28-22-5-3-4-6-24(22)32-23)29-13-14-30(18(2)16-29)26(31)19-8-10-20(27)11-9-19/h3-12,15,18H,13-14,16H2,1-2H3. The summed E-state index contributed by atoms with van der Waals surface area (Å²) in [5, 5.41) is 0. The van der Waals surface area contributed by atoms with E-state index in [-0.39, 0.29) is 17.8 Å². The molecule has 1 saturated heterocycles. The van der Waals surface area contributed by atoms with Gasteiger partial charge in [-0.25, -0.2) is 9.38 Å². The molecular formula is C26H24FN3O2. The number of aryl methyl sites for hydroxylation is 1. The third-order valence-electron chi connectivity index (χ3n) is 5.97. The van der Waals surface area contributed by atoms with Crippen LogP contribution < -0.4 is 4.74 Å². The van der Waals surface area contributed by atoms with Crippen LogP contribution in [0.5, 0.6) is 11.5 Å². The molecule has 32 heavy (non-hydrogen) atoms. The summed E-state index contributed by atoms with van der Waals surface area (Å²) in [5.41, 5.74) is 3.37. The SMILES string of the molecule is Cc1ccc2c(c1)C(N1CCN(C(=O)c3ccc(F)cc3)C(C)C1)=Nc1ccccc1O2. The Kier molecular flexibility index (Phi) is 5.13. The van der Waals surface area contributed by atoms with Crippen LogP contribution in [-0.2, 0) is 0 Å². The molecule has 1 fully saturated rings. The molecule has 0 radical (unpaired) electrons. The van der Waals surface area contributed by atoms with E-state index in [1.54, 1.807) is 12.1 Å². The molecule has 1 atom stereocenters. The first kappa shape index (κ1) is 20.2. The van der Waals surface area contributed by atoms with E-state index in [0.717, 1.165) is 34.1 Å². The summed E-state index contributed by atoms with van der Waals surface area (Å²) in [6, 6.07) is 19.6. The second-order valence-corrected chi connectivity index (χ2v) is 8.31. The minimum Gasteiger partial charge on any atom is -0.454 e. The van der Waals surface area contributed by atoms with Crippen LogP contribution in [0.2, 0.25) is 0 Å². The van der Waals surface area contributed by atoms with E-state index in [4.69, 9.17) is 9.73 Å². The Morgan fingerprint density at radius 1 is 1.03 bits per heavy atom. The number of hydrogen-bond donors (Lipinski definition) is 0. The van der Waals surface area contributed by atoms with E-state index in [1.165, 1.54) is 12.1 Å². The van der Waals surface area contributed by atoms with Gasteiger partial charge >= 0.3 is 0 Å². The van der Waals surface area contributed by atoms with E-state index >= 15 is 0 Å². The molecule has 5 nitrogen and oxygen atoms in total. The third-order valence-corrected chi connectivity index (χ3v) is 5.97. The summed E-state index contributed by atoms with van der Waals surface area (Å²) in [5.74, 6) is 1.93. The van der Waals surface area contributed by atoms with Crippen molar-refractivity contribution in [3.8, 4) is 11.5 Å². The summed E-state index contributed by atoms with van der Waals surface area (Å²) in [6.45, 7) is 5.93. The van der Waals surface area contributed by atoms with Crippen LogP contribution in [0.1, 0.15) is 28.4 Å². The number of piperazine rings is 1. The van der Waals surface area contributed by atoms with Gasteiger partial charge in [0.1, 0.15) is 23.1 Å². The highest BCUT2D eigenvalue weighted by Gasteiger charge is 2.32. The number of halogens is 1. The van der Waals surface area contributed by atoms with Crippen LogP contribution in [0.3, 0.4) is 0 Å². The van der Waals surface area contributed by atoms with Crippen molar-refractivity contribution in [3.63, 3.8) is 0 Å². The summed E-state index contributed by atoms with van der Waals surface area (Å²) in [4.78, 5) is 22.1. The van der Waals surface area contributed by atoms with Crippen molar-refractivity contribution in [1.82, 2.24) is 9.80 Å². The molecule has 2 aliphatic heterocycles. The number of carbonyl (C=O) groups is 1. The van der Waals surface area contributed by atoms with E-state index in [1.807, 2.05) is 48.2 Å². The second-order valence-electron chi connectivity index (χ2n) is 8.31. The molecule has 3 aromatic rings. The fraction of sp³-hybridized carbons (Fsp3) is 0.231. The molecule has 0 aromatic heterocycles. The average Bonchev–Trinajstić information content (AvgIpc) is 2.95. The maximum absolute atomic E-state index is 13.3. The van der Waals surface area contributed by atoms with Crippen LogP contribution in [0.25, 0.3) is 0 Å². The summed E-state index contributed by atoms with van der Waals surface area (Å²) in [6.07, 6.45) is 0. The topological polar surface area (TPSA) is 45.1 Å². The Labute approximate surface area is 186 Å². The monoisotopic (exact) mass is 429 g/mol. The lowest BCUT2D eigenvalue weighted by molar-refractivity contribution is 0.0581. The lowest BCUT2D eigenvalue weighted by Crippen LogP contribution is -2.55. The van der Waals surface area contributed by atoms with Crippen LogP contribution >= 0.6 is 0 Å². The Morgan fingerprint density at radius 3 is 2.59 bits per heavy atom. The molecule has 5 rings (SSSR count).